The Hall–Kier alpha value is -0.570. The van der Waals surface area contributed by atoms with Gasteiger partial charge in [-0.15, -0.1) is 0 Å². The van der Waals surface area contributed by atoms with Crippen molar-refractivity contribution in [2.75, 3.05) is 13.6 Å². The fourth-order valence-electron chi connectivity index (χ4n) is 1.23. The third-order valence-corrected chi connectivity index (χ3v) is 2.84. The number of carboxylic acid groups (broad SMARTS) is 1. The molecule has 0 fully saturated rings. The molecule has 0 aliphatic carbocycles. The van der Waals surface area contributed by atoms with Crippen molar-refractivity contribution in [3.63, 3.8) is 0 Å². The molecule has 0 heterocycles. The Morgan fingerprint density at radius 3 is 2.31 bits per heavy atom. The Morgan fingerprint density at radius 1 is 1.46 bits per heavy atom. The summed E-state index contributed by atoms with van der Waals surface area (Å²) in [5.74, 6) is -0.728. The maximum atomic E-state index is 11.0. The Balaban J connectivity index is 4.29. The topological polar surface area (TPSA) is 40.5 Å². The van der Waals surface area contributed by atoms with Crippen LogP contribution in [-0.4, -0.2) is 35.1 Å². The minimum Gasteiger partial charge on any atom is -0.480 e. The summed E-state index contributed by atoms with van der Waals surface area (Å²) in [4.78, 5) is 12.9. The second kappa shape index (κ2) is 5.22. The normalized spacial score (nSPS) is 15.8. The van der Waals surface area contributed by atoms with Crippen LogP contribution in [0, 0.1) is 0 Å². The van der Waals surface area contributed by atoms with Crippen LogP contribution in [-0.2, 0) is 4.79 Å². The standard InChI is InChI=1S/C10H21NO2/c1-5-7-8-11(4)10(3,6-2)9(12)13/h5-8H2,1-4H3,(H,12,13). The molecule has 3 nitrogen and oxygen atoms in total. The van der Waals surface area contributed by atoms with Crippen LogP contribution >= 0.6 is 0 Å². The number of hydrogen-bond donors (Lipinski definition) is 1. The number of hydrogen-bond acceptors (Lipinski definition) is 2. The van der Waals surface area contributed by atoms with E-state index in [0.29, 0.717) is 6.42 Å². The minimum absolute atomic E-state index is 0.641. The van der Waals surface area contributed by atoms with Crippen molar-refractivity contribution in [1.29, 1.82) is 0 Å². The van der Waals surface area contributed by atoms with Gasteiger partial charge in [-0.2, -0.15) is 0 Å². The molecule has 0 aromatic rings. The van der Waals surface area contributed by atoms with Crippen molar-refractivity contribution in [3.8, 4) is 0 Å². The first kappa shape index (κ1) is 12.4. The van der Waals surface area contributed by atoms with Gasteiger partial charge in [0.2, 0.25) is 0 Å². The van der Waals surface area contributed by atoms with Gasteiger partial charge >= 0.3 is 5.97 Å². The summed E-state index contributed by atoms with van der Waals surface area (Å²) in [6, 6.07) is 0. The van der Waals surface area contributed by atoms with E-state index in [2.05, 4.69) is 6.92 Å². The summed E-state index contributed by atoms with van der Waals surface area (Å²) in [5, 5.41) is 9.06. The Labute approximate surface area is 80.7 Å². The molecule has 0 aliphatic rings. The summed E-state index contributed by atoms with van der Waals surface area (Å²) in [5.41, 5.74) is -0.699. The molecular weight excluding hydrogens is 166 g/mol. The Kier molecular flexibility index (Phi) is 4.99. The first-order valence-corrected chi connectivity index (χ1v) is 4.93. The molecule has 0 aromatic heterocycles. The zero-order valence-electron chi connectivity index (χ0n) is 9.13. The zero-order chi connectivity index (χ0) is 10.5. The average Bonchev–Trinajstić information content (AvgIpc) is 2.12. The van der Waals surface area contributed by atoms with Gasteiger partial charge < -0.3 is 5.11 Å². The molecule has 0 bridgehead atoms. The molecule has 0 aromatic carbocycles. The predicted molar refractivity (Wildman–Crippen MR) is 53.9 cm³/mol. The second-order valence-corrected chi connectivity index (χ2v) is 3.71. The highest BCUT2D eigenvalue weighted by Gasteiger charge is 2.34. The first-order chi connectivity index (χ1) is 5.99. The summed E-state index contributed by atoms with van der Waals surface area (Å²) >= 11 is 0. The molecule has 1 N–H and O–H groups in total. The van der Waals surface area contributed by atoms with E-state index < -0.39 is 11.5 Å². The van der Waals surface area contributed by atoms with Crippen molar-refractivity contribution >= 4 is 5.97 Å². The lowest BCUT2D eigenvalue weighted by Crippen LogP contribution is -2.50. The highest BCUT2D eigenvalue weighted by molar-refractivity contribution is 5.78. The van der Waals surface area contributed by atoms with Crippen LogP contribution in [0.25, 0.3) is 0 Å². The summed E-state index contributed by atoms with van der Waals surface area (Å²) in [6.07, 6.45) is 2.80. The van der Waals surface area contributed by atoms with Gasteiger partial charge in [0.15, 0.2) is 0 Å². The quantitative estimate of drug-likeness (QED) is 0.691. The number of carbonyl (C=O) groups is 1. The molecule has 0 aliphatic heterocycles. The third-order valence-electron chi connectivity index (χ3n) is 2.84. The lowest BCUT2D eigenvalue weighted by molar-refractivity contribution is -0.149. The van der Waals surface area contributed by atoms with Crippen LogP contribution in [0.3, 0.4) is 0 Å². The van der Waals surface area contributed by atoms with Gasteiger partial charge in [0.05, 0.1) is 0 Å². The van der Waals surface area contributed by atoms with E-state index in [-0.39, 0.29) is 0 Å². The molecule has 0 spiro atoms. The molecule has 0 rings (SSSR count). The lowest BCUT2D eigenvalue weighted by Gasteiger charge is -2.34. The van der Waals surface area contributed by atoms with E-state index in [1.807, 2.05) is 18.9 Å². The van der Waals surface area contributed by atoms with Crippen LogP contribution in [0.5, 0.6) is 0 Å². The number of nitrogens with zero attached hydrogens (tertiary/aromatic N) is 1. The average molecular weight is 187 g/mol. The van der Waals surface area contributed by atoms with Gasteiger partial charge in [0.1, 0.15) is 5.54 Å². The van der Waals surface area contributed by atoms with Crippen molar-refractivity contribution in [2.24, 2.45) is 0 Å². The van der Waals surface area contributed by atoms with Gasteiger partial charge in [-0.25, -0.2) is 0 Å². The SMILES string of the molecule is CCCCN(C)C(C)(CC)C(=O)O. The van der Waals surface area contributed by atoms with Crippen LogP contribution in [0.1, 0.15) is 40.0 Å². The Morgan fingerprint density at radius 2 is 2.00 bits per heavy atom. The van der Waals surface area contributed by atoms with E-state index in [4.69, 9.17) is 5.11 Å². The second-order valence-electron chi connectivity index (χ2n) is 3.71. The van der Waals surface area contributed by atoms with Gasteiger partial charge in [-0.3, -0.25) is 9.69 Å². The van der Waals surface area contributed by atoms with E-state index in [1.165, 1.54) is 0 Å². The summed E-state index contributed by atoms with van der Waals surface area (Å²) in [6.45, 7) is 6.66. The fraction of sp³-hybridized carbons (Fsp3) is 0.900. The molecule has 0 saturated heterocycles. The van der Waals surface area contributed by atoms with Crippen LogP contribution in [0.2, 0.25) is 0 Å². The van der Waals surface area contributed by atoms with Crippen molar-refractivity contribution in [1.82, 2.24) is 4.90 Å². The molecule has 1 unspecified atom stereocenters. The van der Waals surface area contributed by atoms with Gasteiger partial charge in [0, 0.05) is 0 Å². The van der Waals surface area contributed by atoms with E-state index >= 15 is 0 Å². The zero-order valence-corrected chi connectivity index (χ0v) is 9.13. The highest BCUT2D eigenvalue weighted by atomic mass is 16.4. The number of aliphatic carboxylic acids is 1. The largest absolute Gasteiger partial charge is 0.480 e. The molecule has 1 atom stereocenters. The van der Waals surface area contributed by atoms with E-state index in [1.54, 1.807) is 6.92 Å². The third kappa shape index (κ3) is 2.99. The molecule has 78 valence electrons. The maximum Gasteiger partial charge on any atom is 0.323 e. The van der Waals surface area contributed by atoms with Crippen LogP contribution in [0.4, 0.5) is 0 Å². The maximum absolute atomic E-state index is 11.0. The monoisotopic (exact) mass is 187 g/mol. The highest BCUT2D eigenvalue weighted by Crippen LogP contribution is 2.18. The predicted octanol–water partition coefficient (Wildman–Crippen LogP) is 1.97. The van der Waals surface area contributed by atoms with Crippen molar-refractivity contribution < 1.29 is 9.90 Å². The van der Waals surface area contributed by atoms with Gasteiger partial charge in [0.25, 0.3) is 0 Å². The number of unbranched alkanes of at least 4 members (excludes halogenated alkanes) is 1. The fourth-order valence-corrected chi connectivity index (χ4v) is 1.23. The molecule has 0 radical (unpaired) electrons. The van der Waals surface area contributed by atoms with Crippen LogP contribution < -0.4 is 0 Å². The van der Waals surface area contributed by atoms with Gasteiger partial charge in [-0.05, 0) is 33.4 Å². The minimum atomic E-state index is -0.728. The van der Waals surface area contributed by atoms with E-state index in [0.717, 1.165) is 19.4 Å². The lowest BCUT2D eigenvalue weighted by atomic mass is 9.97. The molecule has 13 heavy (non-hydrogen) atoms. The van der Waals surface area contributed by atoms with Gasteiger partial charge in [-0.1, -0.05) is 20.3 Å². The summed E-state index contributed by atoms with van der Waals surface area (Å²) in [7, 11) is 1.88. The first-order valence-electron chi connectivity index (χ1n) is 4.93. The number of carboxylic acids is 1. The molecule has 0 amide bonds. The van der Waals surface area contributed by atoms with Crippen molar-refractivity contribution in [2.45, 2.75) is 45.6 Å². The number of likely N-dealkylation sites (N-methyl/N-ethyl adjacent to an activating group) is 1. The smallest absolute Gasteiger partial charge is 0.323 e. The van der Waals surface area contributed by atoms with Crippen molar-refractivity contribution in [3.05, 3.63) is 0 Å². The Bertz CT molecular complexity index is 170. The van der Waals surface area contributed by atoms with Crippen LogP contribution in [0.15, 0.2) is 0 Å². The molecule has 3 heteroatoms. The molecular formula is C10H21NO2. The summed E-state index contributed by atoms with van der Waals surface area (Å²) < 4.78 is 0. The molecule has 0 saturated carbocycles. The van der Waals surface area contributed by atoms with E-state index in [9.17, 15) is 4.79 Å². The number of rotatable bonds is 6.